The highest BCUT2D eigenvalue weighted by Crippen LogP contribution is 2.12. The van der Waals surface area contributed by atoms with Crippen molar-refractivity contribution < 1.29 is 0 Å². The standard InChI is InChI=1S/C11H10N4/c12-10(13)9-6-14-11(15-7-9)8-4-2-1-3-5-8/h1-7H,(H3,12,13). The number of aromatic nitrogens is 2. The van der Waals surface area contributed by atoms with Gasteiger partial charge in [-0.25, -0.2) is 9.97 Å². The molecule has 0 bridgehead atoms. The Morgan fingerprint density at radius 1 is 1.07 bits per heavy atom. The molecular weight excluding hydrogens is 188 g/mol. The number of hydrogen-bond donors (Lipinski definition) is 2. The number of benzene rings is 1. The normalized spacial score (nSPS) is 9.87. The number of nitrogens with two attached hydrogens (primary N) is 1. The van der Waals surface area contributed by atoms with Crippen LogP contribution in [0.1, 0.15) is 5.56 Å². The summed E-state index contributed by atoms with van der Waals surface area (Å²) < 4.78 is 0. The van der Waals surface area contributed by atoms with Gasteiger partial charge < -0.3 is 5.73 Å². The molecule has 4 nitrogen and oxygen atoms in total. The maximum absolute atomic E-state index is 7.21. The summed E-state index contributed by atoms with van der Waals surface area (Å²) in [5, 5.41) is 7.21. The molecule has 0 aliphatic carbocycles. The summed E-state index contributed by atoms with van der Waals surface area (Å²) in [6, 6.07) is 9.66. The first-order valence-corrected chi connectivity index (χ1v) is 4.49. The van der Waals surface area contributed by atoms with Crippen molar-refractivity contribution >= 4 is 5.84 Å². The summed E-state index contributed by atoms with van der Waals surface area (Å²) in [6.07, 6.45) is 3.11. The number of amidine groups is 1. The molecule has 2 aromatic rings. The number of nitrogens with one attached hydrogen (secondary N) is 1. The van der Waals surface area contributed by atoms with Gasteiger partial charge in [0.1, 0.15) is 5.84 Å². The smallest absolute Gasteiger partial charge is 0.159 e. The van der Waals surface area contributed by atoms with Gasteiger partial charge in [0, 0.05) is 18.0 Å². The topological polar surface area (TPSA) is 75.7 Å². The average molecular weight is 198 g/mol. The third kappa shape index (κ3) is 1.99. The minimum absolute atomic E-state index is 0.0189. The SMILES string of the molecule is N=C(N)c1cnc(-c2ccccc2)nc1. The second kappa shape index (κ2) is 3.88. The van der Waals surface area contributed by atoms with Gasteiger partial charge in [-0.05, 0) is 0 Å². The Morgan fingerprint density at radius 2 is 1.67 bits per heavy atom. The van der Waals surface area contributed by atoms with E-state index in [0.717, 1.165) is 5.56 Å². The highest BCUT2D eigenvalue weighted by molar-refractivity contribution is 5.94. The molecule has 0 saturated heterocycles. The maximum Gasteiger partial charge on any atom is 0.159 e. The van der Waals surface area contributed by atoms with Gasteiger partial charge in [-0.2, -0.15) is 0 Å². The second-order valence-corrected chi connectivity index (χ2v) is 3.08. The van der Waals surface area contributed by atoms with Crippen LogP contribution < -0.4 is 5.73 Å². The molecule has 3 N–H and O–H groups in total. The Morgan fingerprint density at radius 3 is 2.20 bits per heavy atom. The molecule has 0 aliphatic heterocycles. The number of hydrogen-bond acceptors (Lipinski definition) is 3. The zero-order valence-corrected chi connectivity index (χ0v) is 8.01. The molecule has 74 valence electrons. The molecule has 0 fully saturated rings. The predicted molar refractivity (Wildman–Crippen MR) is 58.5 cm³/mol. The van der Waals surface area contributed by atoms with Crippen LogP contribution in [0.2, 0.25) is 0 Å². The molecule has 15 heavy (non-hydrogen) atoms. The monoisotopic (exact) mass is 198 g/mol. The van der Waals surface area contributed by atoms with Crippen LogP contribution in [0.5, 0.6) is 0 Å². The third-order valence-electron chi connectivity index (χ3n) is 1.99. The van der Waals surface area contributed by atoms with E-state index >= 15 is 0 Å². The van der Waals surface area contributed by atoms with Gasteiger partial charge in [0.15, 0.2) is 5.82 Å². The van der Waals surface area contributed by atoms with Crippen molar-refractivity contribution in [1.29, 1.82) is 5.41 Å². The van der Waals surface area contributed by atoms with Gasteiger partial charge in [-0.3, -0.25) is 5.41 Å². The van der Waals surface area contributed by atoms with Gasteiger partial charge in [-0.15, -0.1) is 0 Å². The first kappa shape index (κ1) is 9.33. The van der Waals surface area contributed by atoms with Crippen molar-refractivity contribution in [3.8, 4) is 11.4 Å². The van der Waals surface area contributed by atoms with E-state index in [2.05, 4.69) is 9.97 Å². The molecule has 1 aromatic heterocycles. The van der Waals surface area contributed by atoms with Crippen LogP contribution in [0, 0.1) is 5.41 Å². The van der Waals surface area contributed by atoms with Crippen molar-refractivity contribution in [2.75, 3.05) is 0 Å². The summed E-state index contributed by atoms with van der Waals surface area (Å²) in [7, 11) is 0. The Bertz CT molecular complexity index is 462. The zero-order chi connectivity index (χ0) is 10.7. The lowest BCUT2D eigenvalue weighted by Crippen LogP contribution is -2.11. The summed E-state index contributed by atoms with van der Waals surface area (Å²) in [6.45, 7) is 0. The molecule has 0 unspecified atom stereocenters. The van der Waals surface area contributed by atoms with Crippen LogP contribution in [0.15, 0.2) is 42.7 Å². The lowest BCUT2D eigenvalue weighted by atomic mass is 10.2. The summed E-state index contributed by atoms with van der Waals surface area (Å²) in [4.78, 5) is 8.28. The predicted octanol–water partition coefficient (Wildman–Crippen LogP) is 1.43. The Hall–Kier alpha value is -2.23. The zero-order valence-electron chi connectivity index (χ0n) is 8.01. The first-order chi connectivity index (χ1) is 7.27. The molecule has 0 atom stereocenters. The van der Waals surface area contributed by atoms with E-state index in [9.17, 15) is 0 Å². The molecule has 0 amide bonds. The van der Waals surface area contributed by atoms with Crippen molar-refractivity contribution in [3.63, 3.8) is 0 Å². The minimum atomic E-state index is -0.0189. The fourth-order valence-electron chi connectivity index (χ4n) is 1.20. The number of nitrogens with zero attached hydrogens (tertiary/aromatic N) is 2. The summed E-state index contributed by atoms with van der Waals surface area (Å²) in [5.41, 5.74) is 6.79. The second-order valence-electron chi connectivity index (χ2n) is 3.08. The quantitative estimate of drug-likeness (QED) is 0.566. The minimum Gasteiger partial charge on any atom is -0.384 e. The van der Waals surface area contributed by atoms with Gasteiger partial charge in [0.2, 0.25) is 0 Å². The fourth-order valence-corrected chi connectivity index (χ4v) is 1.20. The van der Waals surface area contributed by atoms with Crippen molar-refractivity contribution in [2.45, 2.75) is 0 Å². The van der Waals surface area contributed by atoms with Gasteiger partial charge in [-0.1, -0.05) is 30.3 Å². The lowest BCUT2D eigenvalue weighted by Gasteiger charge is -2.00. The van der Waals surface area contributed by atoms with Crippen molar-refractivity contribution in [3.05, 3.63) is 48.3 Å². The van der Waals surface area contributed by atoms with Gasteiger partial charge in [0.25, 0.3) is 0 Å². The molecule has 1 aromatic carbocycles. The van der Waals surface area contributed by atoms with Crippen LogP contribution in [-0.4, -0.2) is 15.8 Å². The summed E-state index contributed by atoms with van der Waals surface area (Å²) >= 11 is 0. The van der Waals surface area contributed by atoms with Crippen LogP contribution in [-0.2, 0) is 0 Å². The first-order valence-electron chi connectivity index (χ1n) is 4.49. The van der Waals surface area contributed by atoms with Gasteiger partial charge >= 0.3 is 0 Å². The Labute approximate surface area is 87.3 Å². The molecule has 0 aliphatic rings. The van der Waals surface area contributed by atoms with Crippen LogP contribution in [0.3, 0.4) is 0 Å². The maximum atomic E-state index is 7.21. The van der Waals surface area contributed by atoms with Crippen LogP contribution in [0.25, 0.3) is 11.4 Å². The molecule has 0 saturated carbocycles. The Kier molecular flexibility index (Phi) is 2.41. The molecule has 4 heteroatoms. The molecular formula is C11H10N4. The van der Waals surface area contributed by atoms with E-state index in [4.69, 9.17) is 11.1 Å². The van der Waals surface area contributed by atoms with Crippen molar-refractivity contribution in [2.24, 2.45) is 5.73 Å². The van der Waals surface area contributed by atoms with Gasteiger partial charge in [0.05, 0.1) is 5.56 Å². The molecule has 0 radical (unpaired) electrons. The Balaban J connectivity index is 2.36. The lowest BCUT2D eigenvalue weighted by molar-refractivity contribution is 1.16. The average Bonchev–Trinajstić information content (AvgIpc) is 2.30. The van der Waals surface area contributed by atoms with Crippen LogP contribution in [0.4, 0.5) is 0 Å². The largest absolute Gasteiger partial charge is 0.384 e. The van der Waals surface area contributed by atoms with E-state index in [1.807, 2.05) is 30.3 Å². The van der Waals surface area contributed by atoms with E-state index in [1.165, 1.54) is 0 Å². The number of nitrogen functional groups attached to an aromatic ring is 1. The van der Waals surface area contributed by atoms with E-state index in [1.54, 1.807) is 12.4 Å². The highest BCUT2D eigenvalue weighted by Gasteiger charge is 2.01. The highest BCUT2D eigenvalue weighted by atomic mass is 14.9. The molecule has 0 spiro atoms. The number of rotatable bonds is 2. The summed E-state index contributed by atoms with van der Waals surface area (Å²) in [5.74, 6) is 0.621. The molecule has 2 rings (SSSR count). The van der Waals surface area contributed by atoms with Crippen molar-refractivity contribution in [1.82, 2.24) is 9.97 Å². The van der Waals surface area contributed by atoms with E-state index in [-0.39, 0.29) is 5.84 Å². The molecule has 1 heterocycles. The van der Waals surface area contributed by atoms with Crippen LogP contribution >= 0.6 is 0 Å². The fraction of sp³-hybridized carbons (Fsp3) is 0. The van der Waals surface area contributed by atoms with E-state index < -0.39 is 0 Å². The van der Waals surface area contributed by atoms with E-state index in [0.29, 0.717) is 11.4 Å². The third-order valence-corrected chi connectivity index (χ3v) is 1.99.